The number of hydrogen-bond acceptors (Lipinski definition) is 2. The van der Waals surface area contributed by atoms with Crippen LogP contribution in [0.25, 0.3) is 32.8 Å². The fourth-order valence-electron chi connectivity index (χ4n) is 2.78. The fraction of sp³-hybridized carbons (Fsp3) is 0. The highest BCUT2D eigenvalue weighted by Crippen LogP contribution is 2.27. The second kappa shape index (κ2) is 4.97. The molecule has 0 fully saturated rings. The fourth-order valence-corrected chi connectivity index (χ4v) is 3.03. The number of aromatic nitrogens is 2. The van der Waals surface area contributed by atoms with Crippen LogP contribution in [0.3, 0.4) is 0 Å². The molecule has 2 aromatic carbocycles. The molecule has 2 heterocycles. The average Bonchev–Trinajstić information content (AvgIpc) is 2.55. The van der Waals surface area contributed by atoms with Crippen LogP contribution in [-0.2, 0) is 0 Å². The summed E-state index contributed by atoms with van der Waals surface area (Å²) in [7, 11) is 0. The second-order valence-corrected chi connectivity index (χ2v) is 5.44. The highest BCUT2D eigenvalue weighted by molar-refractivity contribution is 6.34. The maximum absolute atomic E-state index is 12.8. The predicted molar refractivity (Wildman–Crippen MR) is 90.3 cm³/mol. The zero-order chi connectivity index (χ0) is 15.1. The number of benzene rings is 2. The van der Waals surface area contributed by atoms with Gasteiger partial charge in [-0.1, -0.05) is 54.1 Å². The summed E-state index contributed by atoms with van der Waals surface area (Å²) in [5.41, 5.74) is 2.07. The first kappa shape index (κ1) is 13.0. The summed E-state index contributed by atoms with van der Waals surface area (Å²) in [4.78, 5) is 20.0. The van der Waals surface area contributed by atoms with Crippen molar-refractivity contribution in [3.63, 3.8) is 0 Å². The molecule has 0 saturated carbocycles. The topological polar surface area (TPSA) is 45.8 Å². The van der Waals surface area contributed by atoms with E-state index in [-0.39, 0.29) is 10.6 Å². The molecule has 4 aromatic rings. The third-order valence-corrected chi connectivity index (χ3v) is 4.11. The Morgan fingerprint density at radius 1 is 0.955 bits per heavy atom. The average molecular weight is 307 g/mol. The molecular formula is C18H11ClN2O. The van der Waals surface area contributed by atoms with E-state index >= 15 is 0 Å². The SMILES string of the molecule is O=c1c(-c2cccc3ccccc23)c[nH]c2ccnc(Cl)c12. The number of H-pyrrole nitrogens is 1. The summed E-state index contributed by atoms with van der Waals surface area (Å²) in [5.74, 6) is 0. The van der Waals surface area contributed by atoms with E-state index in [1.807, 2.05) is 42.5 Å². The molecule has 0 aliphatic rings. The number of nitrogens with one attached hydrogen (secondary N) is 1. The Bertz CT molecular complexity index is 1060. The quantitative estimate of drug-likeness (QED) is 0.530. The van der Waals surface area contributed by atoms with Crippen molar-refractivity contribution in [3.05, 3.63) is 76.3 Å². The van der Waals surface area contributed by atoms with Gasteiger partial charge >= 0.3 is 0 Å². The largest absolute Gasteiger partial charge is 0.360 e. The highest BCUT2D eigenvalue weighted by Gasteiger charge is 2.12. The van der Waals surface area contributed by atoms with E-state index < -0.39 is 0 Å². The monoisotopic (exact) mass is 306 g/mol. The van der Waals surface area contributed by atoms with E-state index in [9.17, 15) is 4.79 Å². The summed E-state index contributed by atoms with van der Waals surface area (Å²) < 4.78 is 0. The maximum atomic E-state index is 12.8. The van der Waals surface area contributed by atoms with Gasteiger partial charge in [0, 0.05) is 18.0 Å². The summed E-state index contributed by atoms with van der Waals surface area (Å²) in [6.07, 6.45) is 3.32. The summed E-state index contributed by atoms with van der Waals surface area (Å²) in [6, 6.07) is 15.7. The van der Waals surface area contributed by atoms with Gasteiger partial charge in [-0.2, -0.15) is 0 Å². The van der Waals surface area contributed by atoms with E-state index in [0.717, 1.165) is 16.3 Å². The van der Waals surface area contributed by atoms with E-state index in [4.69, 9.17) is 11.6 Å². The number of halogens is 1. The zero-order valence-corrected chi connectivity index (χ0v) is 12.3. The molecule has 0 saturated heterocycles. The number of nitrogens with zero attached hydrogens (tertiary/aromatic N) is 1. The molecule has 0 aliphatic carbocycles. The van der Waals surface area contributed by atoms with Crippen molar-refractivity contribution in [2.75, 3.05) is 0 Å². The standard InChI is InChI=1S/C18H11ClN2O/c19-18-16-15(8-9-20-18)21-10-14(17(16)22)13-7-3-5-11-4-1-2-6-12(11)13/h1-10H,(H,21,22). The van der Waals surface area contributed by atoms with Gasteiger partial charge in [0.1, 0.15) is 5.15 Å². The molecule has 0 aliphatic heterocycles. The summed E-state index contributed by atoms with van der Waals surface area (Å²) in [5, 5.41) is 2.78. The van der Waals surface area contributed by atoms with E-state index in [2.05, 4.69) is 9.97 Å². The van der Waals surface area contributed by atoms with Crippen LogP contribution in [0.5, 0.6) is 0 Å². The Kier molecular flexibility index (Phi) is 2.94. The van der Waals surface area contributed by atoms with Gasteiger partial charge in [0.2, 0.25) is 0 Å². The van der Waals surface area contributed by atoms with Crippen molar-refractivity contribution in [2.24, 2.45) is 0 Å². The van der Waals surface area contributed by atoms with Crippen LogP contribution in [0.1, 0.15) is 0 Å². The molecule has 0 spiro atoms. The van der Waals surface area contributed by atoms with Gasteiger partial charge in [-0.25, -0.2) is 4.98 Å². The molecule has 2 aromatic heterocycles. The number of hydrogen-bond donors (Lipinski definition) is 1. The molecule has 4 rings (SSSR count). The van der Waals surface area contributed by atoms with Gasteiger partial charge in [0.25, 0.3) is 0 Å². The van der Waals surface area contributed by atoms with Crippen LogP contribution in [0.4, 0.5) is 0 Å². The number of rotatable bonds is 1. The van der Waals surface area contributed by atoms with Crippen molar-refractivity contribution in [1.82, 2.24) is 9.97 Å². The maximum Gasteiger partial charge on any atom is 0.200 e. The van der Waals surface area contributed by atoms with E-state index in [1.54, 1.807) is 18.5 Å². The van der Waals surface area contributed by atoms with Crippen molar-refractivity contribution in [1.29, 1.82) is 0 Å². The molecule has 0 radical (unpaired) electrons. The highest BCUT2D eigenvalue weighted by atomic mass is 35.5. The molecule has 22 heavy (non-hydrogen) atoms. The lowest BCUT2D eigenvalue weighted by Crippen LogP contribution is -2.07. The number of aromatic amines is 1. The van der Waals surface area contributed by atoms with E-state index in [1.165, 1.54) is 0 Å². The van der Waals surface area contributed by atoms with Crippen LogP contribution < -0.4 is 5.43 Å². The number of pyridine rings is 2. The molecule has 0 amide bonds. The first-order valence-corrected chi connectivity index (χ1v) is 7.27. The minimum Gasteiger partial charge on any atom is -0.360 e. The van der Waals surface area contributed by atoms with Crippen molar-refractivity contribution < 1.29 is 0 Å². The second-order valence-electron chi connectivity index (χ2n) is 5.08. The first-order chi connectivity index (χ1) is 10.8. The molecule has 106 valence electrons. The Labute approximate surface area is 131 Å². The molecule has 0 bridgehead atoms. The van der Waals surface area contributed by atoms with Gasteiger partial charge in [0.05, 0.1) is 10.9 Å². The minimum absolute atomic E-state index is 0.108. The van der Waals surface area contributed by atoms with Gasteiger partial charge in [-0.05, 0) is 22.4 Å². The third-order valence-electron chi connectivity index (χ3n) is 3.83. The Morgan fingerprint density at radius 3 is 2.68 bits per heavy atom. The van der Waals surface area contributed by atoms with Crippen LogP contribution >= 0.6 is 11.6 Å². The lowest BCUT2D eigenvalue weighted by molar-refractivity contribution is 1.31. The minimum atomic E-state index is -0.108. The number of fused-ring (bicyclic) bond motifs is 2. The lowest BCUT2D eigenvalue weighted by Gasteiger charge is -2.08. The molecule has 3 nitrogen and oxygen atoms in total. The molecule has 0 atom stereocenters. The van der Waals surface area contributed by atoms with Crippen LogP contribution in [0.2, 0.25) is 5.15 Å². The Hall–Kier alpha value is -2.65. The van der Waals surface area contributed by atoms with Crippen molar-refractivity contribution in [2.45, 2.75) is 0 Å². The Balaban J connectivity index is 2.12. The summed E-state index contributed by atoms with van der Waals surface area (Å²) in [6.45, 7) is 0. The van der Waals surface area contributed by atoms with Crippen LogP contribution in [-0.4, -0.2) is 9.97 Å². The van der Waals surface area contributed by atoms with Gasteiger partial charge < -0.3 is 4.98 Å². The normalized spacial score (nSPS) is 11.1. The van der Waals surface area contributed by atoms with E-state index in [0.29, 0.717) is 16.5 Å². The van der Waals surface area contributed by atoms with Crippen LogP contribution in [0.15, 0.2) is 65.7 Å². The smallest absolute Gasteiger partial charge is 0.200 e. The third kappa shape index (κ3) is 1.90. The Morgan fingerprint density at radius 2 is 1.77 bits per heavy atom. The molecule has 0 unspecified atom stereocenters. The molecule has 1 N–H and O–H groups in total. The van der Waals surface area contributed by atoms with Crippen molar-refractivity contribution in [3.8, 4) is 11.1 Å². The van der Waals surface area contributed by atoms with Crippen LogP contribution in [0, 0.1) is 0 Å². The molecular weight excluding hydrogens is 296 g/mol. The van der Waals surface area contributed by atoms with Gasteiger partial charge in [-0.15, -0.1) is 0 Å². The predicted octanol–water partition coefficient (Wildman–Crippen LogP) is 4.40. The lowest BCUT2D eigenvalue weighted by atomic mass is 9.98. The zero-order valence-electron chi connectivity index (χ0n) is 11.5. The first-order valence-electron chi connectivity index (χ1n) is 6.90. The summed E-state index contributed by atoms with van der Waals surface area (Å²) >= 11 is 6.11. The van der Waals surface area contributed by atoms with Gasteiger partial charge in [0.15, 0.2) is 5.43 Å². The molecule has 4 heteroatoms. The van der Waals surface area contributed by atoms with Gasteiger partial charge in [-0.3, -0.25) is 4.79 Å². The van der Waals surface area contributed by atoms with Crippen molar-refractivity contribution >= 4 is 33.3 Å².